The molecule has 2 aromatic heterocycles. The van der Waals surface area contributed by atoms with Crippen molar-refractivity contribution in [3.8, 4) is 0 Å². The molecule has 86 valence electrons. The quantitative estimate of drug-likeness (QED) is 0.702. The Morgan fingerprint density at radius 3 is 3.06 bits per heavy atom. The maximum atomic E-state index is 5.69. The maximum Gasteiger partial charge on any atom is 0.264 e. The molecule has 0 fully saturated rings. The Labute approximate surface area is 102 Å². The highest BCUT2D eigenvalue weighted by Gasteiger charge is 2.10. The molecule has 0 radical (unpaired) electrons. The average Bonchev–Trinajstić information content (AvgIpc) is 2.85. The van der Waals surface area contributed by atoms with Gasteiger partial charge in [0.15, 0.2) is 10.7 Å². The molecule has 0 spiro atoms. The Bertz CT molecular complexity index is 673. The van der Waals surface area contributed by atoms with Gasteiger partial charge in [0, 0.05) is 36.9 Å². The van der Waals surface area contributed by atoms with Gasteiger partial charge in [-0.1, -0.05) is 0 Å². The Kier molecular flexibility index (Phi) is 2.29. The van der Waals surface area contributed by atoms with Crippen LogP contribution in [0, 0.1) is 0 Å². The van der Waals surface area contributed by atoms with E-state index in [0.717, 1.165) is 16.3 Å². The fourth-order valence-corrected chi connectivity index (χ4v) is 2.25. The molecular weight excluding hydrogens is 236 g/mol. The Hall–Kier alpha value is -1.95. The second kappa shape index (κ2) is 3.81. The molecule has 2 heterocycles. The van der Waals surface area contributed by atoms with Crippen LogP contribution in [-0.2, 0) is 7.05 Å². The van der Waals surface area contributed by atoms with E-state index < -0.39 is 0 Å². The van der Waals surface area contributed by atoms with Gasteiger partial charge in [-0.05, 0) is 18.2 Å². The van der Waals surface area contributed by atoms with Gasteiger partial charge >= 0.3 is 0 Å². The monoisotopic (exact) mass is 246 g/mol. The molecule has 0 aliphatic rings. The standard InChI is InChI=1S/C11H10N4OS/c1-15-5-4-13-10(15)17-11-14-8-6-7(12)2-3-9(8)16-11/h2-6H,12H2,1H3. The smallest absolute Gasteiger partial charge is 0.264 e. The molecule has 2 N–H and O–H groups in total. The van der Waals surface area contributed by atoms with Gasteiger partial charge in [0.25, 0.3) is 5.22 Å². The number of aromatic nitrogens is 3. The zero-order valence-electron chi connectivity index (χ0n) is 9.12. The lowest BCUT2D eigenvalue weighted by Crippen LogP contribution is -1.87. The molecule has 0 aliphatic heterocycles. The SMILES string of the molecule is Cn1ccnc1Sc1nc2cc(N)ccc2o1. The predicted octanol–water partition coefficient (Wildman–Crippen LogP) is 2.29. The van der Waals surface area contributed by atoms with Crippen molar-refractivity contribution < 1.29 is 4.42 Å². The number of nitrogen functional groups attached to an aromatic ring is 1. The van der Waals surface area contributed by atoms with Crippen molar-refractivity contribution in [2.75, 3.05) is 5.73 Å². The number of aryl methyl sites for hydroxylation is 1. The van der Waals surface area contributed by atoms with Gasteiger partial charge in [-0.3, -0.25) is 0 Å². The minimum Gasteiger partial charge on any atom is -0.431 e. The minimum atomic E-state index is 0.569. The molecule has 3 aromatic rings. The van der Waals surface area contributed by atoms with Gasteiger partial charge in [0.2, 0.25) is 0 Å². The van der Waals surface area contributed by atoms with Crippen molar-refractivity contribution >= 4 is 28.5 Å². The molecule has 0 bridgehead atoms. The van der Waals surface area contributed by atoms with E-state index in [2.05, 4.69) is 9.97 Å². The molecule has 0 unspecified atom stereocenters. The van der Waals surface area contributed by atoms with Crippen molar-refractivity contribution in [1.29, 1.82) is 0 Å². The van der Waals surface area contributed by atoms with Crippen LogP contribution in [0.25, 0.3) is 11.1 Å². The second-order valence-corrected chi connectivity index (χ2v) is 4.55. The molecule has 0 saturated heterocycles. The number of benzene rings is 1. The number of fused-ring (bicyclic) bond motifs is 1. The van der Waals surface area contributed by atoms with E-state index >= 15 is 0 Å². The van der Waals surface area contributed by atoms with Crippen LogP contribution in [0.3, 0.4) is 0 Å². The van der Waals surface area contributed by atoms with Gasteiger partial charge in [-0.2, -0.15) is 0 Å². The van der Waals surface area contributed by atoms with Crippen LogP contribution in [0.4, 0.5) is 5.69 Å². The van der Waals surface area contributed by atoms with Crippen LogP contribution in [-0.4, -0.2) is 14.5 Å². The number of hydrogen-bond acceptors (Lipinski definition) is 5. The van der Waals surface area contributed by atoms with Crippen LogP contribution in [0.15, 0.2) is 45.4 Å². The van der Waals surface area contributed by atoms with E-state index in [-0.39, 0.29) is 0 Å². The minimum absolute atomic E-state index is 0.569. The van der Waals surface area contributed by atoms with Gasteiger partial charge in [0.1, 0.15) is 5.52 Å². The molecule has 0 aliphatic carbocycles. The van der Waals surface area contributed by atoms with Gasteiger partial charge in [-0.15, -0.1) is 0 Å². The van der Waals surface area contributed by atoms with E-state index in [1.807, 2.05) is 23.9 Å². The van der Waals surface area contributed by atoms with Crippen LogP contribution in [0.5, 0.6) is 0 Å². The van der Waals surface area contributed by atoms with Crippen molar-refractivity contribution in [2.24, 2.45) is 7.05 Å². The van der Waals surface area contributed by atoms with Crippen molar-refractivity contribution in [3.05, 3.63) is 30.6 Å². The lowest BCUT2D eigenvalue weighted by molar-refractivity contribution is 0.488. The predicted molar refractivity (Wildman–Crippen MR) is 65.8 cm³/mol. The summed E-state index contributed by atoms with van der Waals surface area (Å²) in [6.45, 7) is 0. The van der Waals surface area contributed by atoms with Gasteiger partial charge in [-0.25, -0.2) is 9.97 Å². The number of anilines is 1. The largest absolute Gasteiger partial charge is 0.431 e. The average molecular weight is 246 g/mol. The lowest BCUT2D eigenvalue weighted by atomic mass is 10.3. The normalized spacial score (nSPS) is 11.1. The highest BCUT2D eigenvalue weighted by Crippen LogP contribution is 2.28. The van der Waals surface area contributed by atoms with Gasteiger partial charge in [0.05, 0.1) is 0 Å². The van der Waals surface area contributed by atoms with E-state index in [1.165, 1.54) is 11.8 Å². The number of oxazole rings is 1. The fraction of sp³-hybridized carbons (Fsp3) is 0.0909. The van der Waals surface area contributed by atoms with Gasteiger partial charge < -0.3 is 14.7 Å². The van der Waals surface area contributed by atoms with Crippen LogP contribution < -0.4 is 5.73 Å². The number of nitrogens with two attached hydrogens (primary N) is 1. The Morgan fingerprint density at radius 2 is 2.29 bits per heavy atom. The molecule has 0 atom stereocenters. The molecule has 0 saturated carbocycles. The summed E-state index contributed by atoms with van der Waals surface area (Å²) in [4.78, 5) is 8.55. The topological polar surface area (TPSA) is 69.9 Å². The first-order valence-electron chi connectivity index (χ1n) is 5.03. The summed E-state index contributed by atoms with van der Waals surface area (Å²) in [5.74, 6) is 0. The summed E-state index contributed by atoms with van der Waals surface area (Å²) >= 11 is 1.39. The van der Waals surface area contributed by atoms with E-state index in [4.69, 9.17) is 10.2 Å². The first-order chi connectivity index (χ1) is 8.22. The molecule has 1 aromatic carbocycles. The number of hydrogen-bond donors (Lipinski definition) is 1. The number of imidazole rings is 1. The highest BCUT2D eigenvalue weighted by molar-refractivity contribution is 7.99. The molecule has 0 amide bonds. The van der Waals surface area contributed by atoms with E-state index in [1.54, 1.807) is 18.3 Å². The Balaban J connectivity index is 1.99. The van der Waals surface area contributed by atoms with Crippen LogP contribution >= 0.6 is 11.8 Å². The second-order valence-electron chi connectivity index (χ2n) is 3.63. The first-order valence-corrected chi connectivity index (χ1v) is 5.85. The Morgan fingerprint density at radius 1 is 1.41 bits per heavy atom. The van der Waals surface area contributed by atoms with Crippen LogP contribution in [0.2, 0.25) is 0 Å². The molecule has 3 rings (SSSR count). The summed E-state index contributed by atoms with van der Waals surface area (Å²) in [7, 11) is 1.93. The molecular formula is C11H10N4OS. The summed E-state index contributed by atoms with van der Waals surface area (Å²) in [5.41, 5.74) is 7.87. The summed E-state index contributed by atoms with van der Waals surface area (Å²) in [5, 5.41) is 1.41. The van der Waals surface area contributed by atoms with E-state index in [9.17, 15) is 0 Å². The molecule has 5 nitrogen and oxygen atoms in total. The van der Waals surface area contributed by atoms with Crippen molar-refractivity contribution in [3.63, 3.8) is 0 Å². The third-order valence-electron chi connectivity index (χ3n) is 2.35. The molecule has 17 heavy (non-hydrogen) atoms. The van der Waals surface area contributed by atoms with E-state index in [0.29, 0.717) is 10.9 Å². The lowest BCUT2D eigenvalue weighted by Gasteiger charge is -1.95. The number of rotatable bonds is 2. The third-order valence-corrected chi connectivity index (χ3v) is 3.27. The highest BCUT2D eigenvalue weighted by atomic mass is 32.2. The zero-order valence-corrected chi connectivity index (χ0v) is 9.94. The summed E-state index contributed by atoms with van der Waals surface area (Å²) < 4.78 is 7.50. The fourth-order valence-electron chi connectivity index (χ4n) is 1.50. The van der Waals surface area contributed by atoms with Crippen molar-refractivity contribution in [2.45, 2.75) is 10.4 Å². The van der Waals surface area contributed by atoms with Crippen molar-refractivity contribution in [1.82, 2.24) is 14.5 Å². The zero-order chi connectivity index (χ0) is 11.8. The third kappa shape index (κ3) is 1.87. The molecule has 6 heteroatoms. The summed E-state index contributed by atoms with van der Waals surface area (Å²) in [6.07, 6.45) is 3.62. The maximum absolute atomic E-state index is 5.69. The first kappa shape index (κ1) is 10.2. The summed E-state index contributed by atoms with van der Waals surface area (Å²) in [6, 6.07) is 5.41. The number of nitrogens with zero attached hydrogens (tertiary/aromatic N) is 3. The van der Waals surface area contributed by atoms with Crippen LogP contribution in [0.1, 0.15) is 0 Å².